The number of ether oxygens (including phenoxy) is 3. The summed E-state index contributed by atoms with van der Waals surface area (Å²) in [5, 5.41) is 95.0. The van der Waals surface area contributed by atoms with Crippen molar-refractivity contribution in [1.29, 1.82) is 0 Å². The van der Waals surface area contributed by atoms with Gasteiger partial charge < -0.3 is 64.6 Å². The molecule has 2 aromatic carbocycles. The van der Waals surface area contributed by atoms with E-state index in [2.05, 4.69) is 0 Å². The van der Waals surface area contributed by atoms with Crippen molar-refractivity contribution in [3.05, 3.63) is 51.7 Å². The maximum atomic E-state index is 13.5. The molecule has 15 heteroatoms. The van der Waals surface area contributed by atoms with Crippen LogP contribution in [0.2, 0.25) is 0 Å². The van der Waals surface area contributed by atoms with Gasteiger partial charge in [-0.2, -0.15) is 0 Å². The fourth-order valence-corrected chi connectivity index (χ4v) is 5.30. The third-order valence-corrected chi connectivity index (χ3v) is 7.58. The third kappa shape index (κ3) is 5.41. The minimum atomic E-state index is -2.00. The Labute approximate surface area is 242 Å². The van der Waals surface area contributed by atoms with Crippen LogP contribution in [0, 0.1) is 0 Å². The van der Waals surface area contributed by atoms with Crippen molar-refractivity contribution in [2.45, 2.75) is 61.9 Å². The quantitative estimate of drug-likeness (QED) is 0.155. The molecule has 2 aliphatic heterocycles. The van der Waals surface area contributed by atoms with Gasteiger partial charge in [0, 0.05) is 18.6 Å². The summed E-state index contributed by atoms with van der Waals surface area (Å²) in [4.78, 5) is 24.9. The number of hydrogen-bond donors (Lipinski definition) is 9. The van der Waals surface area contributed by atoms with Crippen LogP contribution in [0.4, 0.5) is 0 Å². The molecule has 0 saturated carbocycles. The van der Waals surface area contributed by atoms with Crippen LogP contribution in [0.5, 0.6) is 17.2 Å². The summed E-state index contributed by atoms with van der Waals surface area (Å²) in [5.41, 5.74) is -2.28. The smallest absolute Gasteiger partial charge is 0.302 e. The maximum Gasteiger partial charge on any atom is 0.302 e. The minimum Gasteiger partial charge on any atom is -0.508 e. The number of rotatable bonds is 5. The van der Waals surface area contributed by atoms with E-state index in [4.69, 9.17) is 18.6 Å². The molecular formula is C28H30O15. The first kappa shape index (κ1) is 30.7. The van der Waals surface area contributed by atoms with Gasteiger partial charge in [-0.3, -0.25) is 9.59 Å². The number of phenols is 3. The van der Waals surface area contributed by atoms with Gasteiger partial charge in [0.05, 0.1) is 17.7 Å². The Kier molecular flexibility index (Phi) is 8.34. The molecule has 2 aliphatic rings. The van der Waals surface area contributed by atoms with E-state index in [1.165, 1.54) is 24.3 Å². The highest BCUT2D eigenvalue weighted by Gasteiger charge is 2.49. The second kappa shape index (κ2) is 11.7. The summed E-state index contributed by atoms with van der Waals surface area (Å²) in [5.74, 6) is -2.81. The van der Waals surface area contributed by atoms with Gasteiger partial charge in [-0.15, -0.1) is 0 Å². The number of aliphatic hydroxyl groups excluding tert-OH is 6. The molecule has 3 heterocycles. The van der Waals surface area contributed by atoms with Gasteiger partial charge in [-0.05, 0) is 24.3 Å². The summed E-state index contributed by atoms with van der Waals surface area (Å²) >= 11 is 0. The predicted molar refractivity (Wildman–Crippen MR) is 142 cm³/mol. The molecule has 0 bridgehead atoms. The molecule has 9 N–H and O–H groups in total. The predicted octanol–water partition coefficient (Wildman–Crippen LogP) is -1.18. The first-order chi connectivity index (χ1) is 20.3. The van der Waals surface area contributed by atoms with Gasteiger partial charge >= 0.3 is 5.97 Å². The van der Waals surface area contributed by atoms with Crippen molar-refractivity contribution in [3.63, 3.8) is 0 Å². The van der Waals surface area contributed by atoms with Crippen molar-refractivity contribution in [2.75, 3.05) is 13.2 Å². The van der Waals surface area contributed by atoms with Crippen LogP contribution in [0.1, 0.15) is 30.3 Å². The summed E-state index contributed by atoms with van der Waals surface area (Å²) in [6, 6.07) is 6.44. The number of carbonyl (C=O) groups is 1. The Morgan fingerprint density at radius 2 is 1.51 bits per heavy atom. The molecule has 0 aliphatic carbocycles. The number of fused-ring (bicyclic) bond motifs is 1. The Balaban J connectivity index is 1.77. The van der Waals surface area contributed by atoms with Crippen LogP contribution in [0.25, 0.3) is 22.3 Å². The monoisotopic (exact) mass is 606 g/mol. The van der Waals surface area contributed by atoms with Crippen LogP contribution in [-0.4, -0.2) is 108 Å². The molecule has 232 valence electrons. The van der Waals surface area contributed by atoms with Crippen molar-refractivity contribution < 1.29 is 69.4 Å². The van der Waals surface area contributed by atoms with Gasteiger partial charge in [0.1, 0.15) is 89.9 Å². The number of hydrogen-bond acceptors (Lipinski definition) is 15. The van der Waals surface area contributed by atoms with Crippen molar-refractivity contribution in [2.24, 2.45) is 0 Å². The van der Waals surface area contributed by atoms with Crippen molar-refractivity contribution >= 4 is 16.9 Å². The van der Waals surface area contributed by atoms with Gasteiger partial charge in [0.2, 0.25) is 0 Å². The Hall–Kier alpha value is -3.80. The molecule has 2 fully saturated rings. The van der Waals surface area contributed by atoms with E-state index in [1.54, 1.807) is 0 Å². The van der Waals surface area contributed by atoms with Crippen molar-refractivity contribution in [3.8, 4) is 28.6 Å². The molecule has 5 rings (SSSR count). The van der Waals surface area contributed by atoms with E-state index < -0.39 is 113 Å². The minimum absolute atomic E-state index is 0.0871. The lowest BCUT2D eigenvalue weighted by Gasteiger charge is -2.41. The number of carbonyl (C=O) groups excluding carboxylic acids is 1. The first-order valence-electron chi connectivity index (χ1n) is 13.2. The number of aliphatic hydroxyl groups is 6. The number of phenolic OH excluding ortho intramolecular Hbond substituents is 3. The Morgan fingerprint density at radius 1 is 0.860 bits per heavy atom. The Bertz CT molecular complexity index is 1570. The lowest BCUT2D eigenvalue weighted by Crippen LogP contribution is -2.55. The van der Waals surface area contributed by atoms with E-state index >= 15 is 0 Å². The molecule has 0 amide bonds. The van der Waals surface area contributed by atoms with Gasteiger partial charge in [-0.1, -0.05) is 0 Å². The second-order valence-electron chi connectivity index (χ2n) is 10.4. The average Bonchev–Trinajstić information content (AvgIpc) is 2.96. The molecule has 43 heavy (non-hydrogen) atoms. The number of benzene rings is 2. The van der Waals surface area contributed by atoms with Gasteiger partial charge in [0.15, 0.2) is 11.0 Å². The summed E-state index contributed by atoms with van der Waals surface area (Å²) in [7, 11) is 0. The lowest BCUT2D eigenvalue weighted by atomic mass is 9.85. The zero-order valence-corrected chi connectivity index (χ0v) is 22.5. The van der Waals surface area contributed by atoms with Crippen LogP contribution >= 0.6 is 0 Å². The molecule has 2 saturated heterocycles. The van der Waals surface area contributed by atoms with Crippen LogP contribution in [0.3, 0.4) is 0 Å². The van der Waals surface area contributed by atoms with E-state index in [1.807, 2.05) is 0 Å². The highest BCUT2D eigenvalue weighted by atomic mass is 16.6. The zero-order chi connectivity index (χ0) is 31.3. The highest BCUT2D eigenvalue weighted by molar-refractivity contribution is 5.92. The van der Waals surface area contributed by atoms with Gasteiger partial charge in [-0.25, -0.2) is 0 Å². The molecule has 9 unspecified atom stereocenters. The van der Waals surface area contributed by atoms with Crippen LogP contribution in [0.15, 0.2) is 39.5 Å². The average molecular weight is 607 g/mol. The highest BCUT2D eigenvalue weighted by Crippen LogP contribution is 2.50. The van der Waals surface area contributed by atoms with E-state index in [0.29, 0.717) is 0 Å². The molecule has 3 aromatic rings. The van der Waals surface area contributed by atoms with E-state index in [0.717, 1.165) is 13.0 Å². The largest absolute Gasteiger partial charge is 0.508 e. The van der Waals surface area contributed by atoms with Crippen molar-refractivity contribution in [1.82, 2.24) is 0 Å². The number of aromatic hydroxyl groups is 3. The van der Waals surface area contributed by atoms with Crippen LogP contribution < -0.4 is 5.43 Å². The summed E-state index contributed by atoms with van der Waals surface area (Å²) in [6.07, 6.45) is -15.9. The normalized spacial score (nSPS) is 31.2. The summed E-state index contributed by atoms with van der Waals surface area (Å²) < 4.78 is 22.1. The van der Waals surface area contributed by atoms with E-state index in [9.17, 15) is 55.5 Å². The lowest BCUT2D eigenvalue weighted by molar-refractivity contribution is -0.234. The standard InChI is InChI=1S/C28H30O15/c1-9(29)40-8-15-20(34)23(37)25(39)28(43-15)18-22(36)17(27-24(38)19(33)13(32)7-41-27)21(35)16-12(31)6-14(42-26(16)18)10-2-4-11(30)5-3-10/h2-6,13,15,19-20,23-25,27-28,30,32-39H,7-8H2,1H3. The fourth-order valence-electron chi connectivity index (χ4n) is 5.30. The molecule has 0 radical (unpaired) electrons. The van der Waals surface area contributed by atoms with Crippen LogP contribution in [-0.2, 0) is 19.0 Å². The molecular weight excluding hydrogens is 576 g/mol. The topological polar surface area (TPSA) is 257 Å². The molecule has 1 aromatic heterocycles. The number of esters is 1. The molecule has 9 atom stereocenters. The Morgan fingerprint density at radius 3 is 2.16 bits per heavy atom. The molecule has 15 nitrogen and oxygen atoms in total. The van der Waals surface area contributed by atoms with Gasteiger partial charge in [0.25, 0.3) is 0 Å². The fraction of sp³-hybridized carbons (Fsp3) is 0.429. The first-order valence-corrected chi connectivity index (χ1v) is 13.2. The zero-order valence-electron chi connectivity index (χ0n) is 22.5. The summed E-state index contributed by atoms with van der Waals surface area (Å²) in [6.45, 7) is -0.0387. The maximum absolute atomic E-state index is 13.5. The SMILES string of the molecule is CC(=O)OCC1OC(c2c(O)c(C3OCC(O)C(O)C3O)c(O)c3c(=O)cc(-c4ccc(O)cc4)oc23)C(O)C(O)C1O. The second-order valence-corrected chi connectivity index (χ2v) is 10.4. The molecule has 0 spiro atoms. The van der Waals surface area contributed by atoms with E-state index in [-0.39, 0.29) is 17.1 Å². The third-order valence-electron chi connectivity index (χ3n) is 7.58.